The summed E-state index contributed by atoms with van der Waals surface area (Å²) in [6.07, 6.45) is -1.60. The molecule has 1 heterocycles. The summed E-state index contributed by atoms with van der Waals surface area (Å²) in [5.41, 5.74) is 0. The average Bonchev–Trinajstić information content (AvgIpc) is 1.94. The van der Waals surface area contributed by atoms with Gasteiger partial charge in [0.2, 0.25) is 0 Å². The average molecular weight is 202 g/mol. The fourth-order valence-corrected chi connectivity index (χ4v) is 0.971. The first-order valence-corrected chi connectivity index (χ1v) is 3.95. The molecule has 0 aromatic rings. The van der Waals surface area contributed by atoms with Crippen molar-refractivity contribution in [1.29, 1.82) is 0 Å². The minimum absolute atomic E-state index is 0.747. The summed E-state index contributed by atoms with van der Waals surface area (Å²) in [6, 6.07) is 0. The van der Waals surface area contributed by atoms with Gasteiger partial charge in [0.05, 0.1) is 0 Å². The molecule has 0 unspecified atom stereocenters. The molecule has 1 rings (SSSR count). The van der Waals surface area contributed by atoms with Crippen molar-refractivity contribution in [3.05, 3.63) is 0 Å². The van der Waals surface area contributed by atoms with Crippen molar-refractivity contribution < 1.29 is 28.6 Å². The molecular formula is C8H10O6. The van der Waals surface area contributed by atoms with E-state index in [0.717, 1.165) is 6.92 Å². The molecule has 1 fully saturated rings. The normalized spacial score (nSPS) is 21.1. The summed E-state index contributed by atoms with van der Waals surface area (Å²) in [5.74, 6) is -3.88. The lowest BCUT2D eigenvalue weighted by Crippen LogP contribution is -2.50. The second-order valence-electron chi connectivity index (χ2n) is 3.23. The predicted octanol–water partition coefficient (Wildman–Crippen LogP) is -0.246. The zero-order valence-electron chi connectivity index (χ0n) is 8.03. The maximum atomic E-state index is 11.2. The van der Waals surface area contributed by atoms with Crippen molar-refractivity contribution >= 4 is 17.9 Å². The third kappa shape index (κ3) is 2.21. The van der Waals surface area contributed by atoms with Gasteiger partial charge in [-0.1, -0.05) is 0 Å². The Bertz CT molecular complexity index is 272. The number of hydrogen-bond donors (Lipinski definition) is 0. The van der Waals surface area contributed by atoms with E-state index in [1.165, 1.54) is 13.8 Å². The molecule has 0 bridgehead atoms. The zero-order chi connectivity index (χ0) is 10.9. The Morgan fingerprint density at radius 2 is 1.71 bits per heavy atom. The standard InChI is InChI=1S/C8H10O6/c1-4(9)12-5-6(10)13-8(2,3)14-7(5)11/h5H,1-3H3. The molecule has 0 radical (unpaired) electrons. The van der Waals surface area contributed by atoms with Crippen LogP contribution in [0.3, 0.4) is 0 Å². The highest BCUT2D eigenvalue weighted by atomic mass is 16.8. The first-order valence-electron chi connectivity index (χ1n) is 3.95. The third-order valence-electron chi connectivity index (χ3n) is 1.40. The van der Waals surface area contributed by atoms with Crippen LogP contribution in [0.25, 0.3) is 0 Å². The topological polar surface area (TPSA) is 78.9 Å². The van der Waals surface area contributed by atoms with E-state index in [0.29, 0.717) is 0 Å². The largest absolute Gasteiger partial charge is 0.438 e. The van der Waals surface area contributed by atoms with Crippen LogP contribution >= 0.6 is 0 Å². The van der Waals surface area contributed by atoms with Gasteiger partial charge in [-0.3, -0.25) is 4.79 Å². The van der Waals surface area contributed by atoms with Crippen LogP contribution in [0.4, 0.5) is 0 Å². The van der Waals surface area contributed by atoms with Crippen LogP contribution in [0.15, 0.2) is 0 Å². The number of ether oxygens (including phenoxy) is 3. The third-order valence-corrected chi connectivity index (χ3v) is 1.40. The van der Waals surface area contributed by atoms with Gasteiger partial charge < -0.3 is 14.2 Å². The minimum Gasteiger partial charge on any atom is -0.438 e. The molecule has 14 heavy (non-hydrogen) atoms. The fourth-order valence-electron chi connectivity index (χ4n) is 0.971. The van der Waals surface area contributed by atoms with Gasteiger partial charge in [0.1, 0.15) is 0 Å². The Balaban J connectivity index is 2.76. The Labute approximate surface area is 80.1 Å². The maximum absolute atomic E-state index is 11.2. The smallest absolute Gasteiger partial charge is 0.362 e. The van der Waals surface area contributed by atoms with Gasteiger partial charge in [-0.25, -0.2) is 9.59 Å². The SMILES string of the molecule is CC(=O)OC1C(=O)OC(C)(C)OC1=O. The molecule has 0 aromatic heterocycles. The van der Waals surface area contributed by atoms with Gasteiger partial charge in [0.25, 0.3) is 11.9 Å². The second-order valence-corrected chi connectivity index (χ2v) is 3.23. The molecule has 6 nitrogen and oxygen atoms in total. The Morgan fingerprint density at radius 3 is 2.07 bits per heavy atom. The van der Waals surface area contributed by atoms with E-state index in [2.05, 4.69) is 4.74 Å². The number of rotatable bonds is 1. The van der Waals surface area contributed by atoms with Crippen molar-refractivity contribution in [3.8, 4) is 0 Å². The summed E-state index contributed by atoms with van der Waals surface area (Å²) in [4.78, 5) is 32.8. The van der Waals surface area contributed by atoms with Gasteiger partial charge in [0.15, 0.2) is 0 Å². The van der Waals surface area contributed by atoms with Gasteiger partial charge in [-0.05, 0) is 0 Å². The van der Waals surface area contributed by atoms with Gasteiger partial charge >= 0.3 is 17.9 Å². The number of carbonyl (C=O) groups is 3. The molecule has 78 valence electrons. The maximum Gasteiger partial charge on any atom is 0.362 e. The minimum atomic E-state index is -1.60. The molecular weight excluding hydrogens is 192 g/mol. The lowest BCUT2D eigenvalue weighted by molar-refractivity contribution is -0.248. The van der Waals surface area contributed by atoms with Crippen molar-refractivity contribution in [2.45, 2.75) is 32.7 Å². The van der Waals surface area contributed by atoms with Crippen LogP contribution in [0.2, 0.25) is 0 Å². The van der Waals surface area contributed by atoms with Gasteiger partial charge in [-0.15, -0.1) is 0 Å². The first kappa shape index (κ1) is 10.5. The van der Waals surface area contributed by atoms with E-state index in [9.17, 15) is 14.4 Å². The highest BCUT2D eigenvalue weighted by Crippen LogP contribution is 2.20. The van der Waals surface area contributed by atoms with Crippen LogP contribution in [0, 0.1) is 0 Å². The molecule has 6 heteroatoms. The van der Waals surface area contributed by atoms with Crippen LogP contribution < -0.4 is 0 Å². The quantitative estimate of drug-likeness (QED) is 0.431. The summed E-state index contributed by atoms with van der Waals surface area (Å²) in [6.45, 7) is 3.90. The number of carbonyl (C=O) groups excluding carboxylic acids is 3. The fraction of sp³-hybridized carbons (Fsp3) is 0.625. The summed E-state index contributed by atoms with van der Waals surface area (Å²) in [5, 5.41) is 0. The van der Waals surface area contributed by atoms with E-state index in [1.54, 1.807) is 0 Å². The van der Waals surface area contributed by atoms with E-state index in [-0.39, 0.29) is 0 Å². The summed E-state index contributed by atoms with van der Waals surface area (Å²) in [7, 11) is 0. The number of esters is 3. The predicted molar refractivity (Wildman–Crippen MR) is 41.8 cm³/mol. The summed E-state index contributed by atoms with van der Waals surface area (Å²) >= 11 is 0. The molecule has 0 aliphatic carbocycles. The van der Waals surface area contributed by atoms with Crippen molar-refractivity contribution in [2.75, 3.05) is 0 Å². The molecule has 0 atom stereocenters. The Hall–Kier alpha value is -1.59. The van der Waals surface area contributed by atoms with Crippen LogP contribution in [-0.4, -0.2) is 29.8 Å². The number of cyclic esters (lactones) is 2. The Kier molecular flexibility index (Phi) is 2.46. The van der Waals surface area contributed by atoms with Crippen LogP contribution in [0.1, 0.15) is 20.8 Å². The van der Waals surface area contributed by atoms with E-state index >= 15 is 0 Å². The van der Waals surface area contributed by atoms with Gasteiger partial charge in [0, 0.05) is 20.8 Å². The molecule has 1 aliphatic rings. The van der Waals surface area contributed by atoms with E-state index in [1.807, 2.05) is 0 Å². The molecule has 0 amide bonds. The second kappa shape index (κ2) is 3.28. The van der Waals surface area contributed by atoms with Crippen LogP contribution in [0.5, 0.6) is 0 Å². The van der Waals surface area contributed by atoms with E-state index in [4.69, 9.17) is 9.47 Å². The molecule has 0 saturated carbocycles. The lowest BCUT2D eigenvalue weighted by Gasteiger charge is -2.32. The molecule has 1 aliphatic heterocycles. The van der Waals surface area contributed by atoms with Crippen molar-refractivity contribution in [2.24, 2.45) is 0 Å². The highest BCUT2D eigenvalue weighted by molar-refractivity contribution is 6.01. The molecule has 0 aromatic carbocycles. The van der Waals surface area contributed by atoms with Gasteiger partial charge in [-0.2, -0.15) is 0 Å². The highest BCUT2D eigenvalue weighted by Gasteiger charge is 2.45. The lowest BCUT2D eigenvalue weighted by atomic mass is 10.2. The summed E-state index contributed by atoms with van der Waals surface area (Å²) < 4.78 is 13.8. The first-order chi connectivity index (χ1) is 6.32. The van der Waals surface area contributed by atoms with Crippen molar-refractivity contribution in [1.82, 2.24) is 0 Å². The molecule has 0 N–H and O–H groups in total. The van der Waals surface area contributed by atoms with Crippen molar-refractivity contribution in [3.63, 3.8) is 0 Å². The monoisotopic (exact) mass is 202 g/mol. The molecule has 1 saturated heterocycles. The number of hydrogen-bond acceptors (Lipinski definition) is 6. The zero-order valence-corrected chi connectivity index (χ0v) is 8.03. The Morgan fingerprint density at radius 1 is 1.29 bits per heavy atom. The van der Waals surface area contributed by atoms with Crippen LogP contribution in [-0.2, 0) is 28.6 Å². The molecule has 0 spiro atoms. The van der Waals surface area contributed by atoms with E-state index < -0.39 is 29.8 Å².